The maximum atomic E-state index is 12.9. The van der Waals surface area contributed by atoms with Gasteiger partial charge < -0.3 is 9.42 Å². The fraction of sp³-hybridized carbons (Fsp3) is 0.684. The van der Waals surface area contributed by atoms with Crippen LogP contribution in [0.1, 0.15) is 80.2 Å². The van der Waals surface area contributed by atoms with Gasteiger partial charge in [-0.3, -0.25) is 9.48 Å². The number of hydrogen-bond acceptors (Lipinski definition) is 5. The van der Waals surface area contributed by atoms with Crippen molar-refractivity contribution in [2.45, 2.75) is 71.8 Å². The molecular formula is C19H29N5O2. The zero-order chi connectivity index (χ0) is 18.8. The molecule has 26 heavy (non-hydrogen) atoms. The van der Waals surface area contributed by atoms with Crippen molar-refractivity contribution in [1.29, 1.82) is 0 Å². The summed E-state index contributed by atoms with van der Waals surface area (Å²) in [6.45, 7) is 8.89. The fourth-order valence-corrected chi connectivity index (χ4v) is 3.66. The smallest absolute Gasteiger partial charge is 0.249 e. The summed E-state index contributed by atoms with van der Waals surface area (Å²) in [5.74, 6) is 1.66. The first kappa shape index (κ1) is 18.6. The average molecular weight is 359 g/mol. The number of likely N-dealkylation sites (tertiary alicyclic amines) is 1. The van der Waals surface area contributed by atoms with Crippen LogP contribution in [0.15, 0.2) is 4.52 Å². The highest BCUT2D eigenvalue weighted by atomic mass is 16.5. The molecule has 0 radical (unpaired) electrons. The molecule has 0 N–H and O–H groups in total. The number of carbonyl (C=O) groups is 1. The normalized spacial score (nSPS) is 17.9. The second kappa shape index (κ2) is 7.60. The largest absolute Gasteiger partial charge is 0.337 e. The van der Waals surface area contributed by atoms with E-state index in [1.165, 1.54) is 5.56 Å². The summed E-state index contributed by atoms with van der Waals surface area (Å²) in [7, 11) is 1.94. The van der Waals surface area contributed by atoms with E-state index in [1.54, 1.807) is 0 Å². The van der Waals surface area contributed by atoms with Gasteiger partial charge in [0.05, 0.1) is 5.69 Å². The lowest BCUT2D eigenvalue weighted by Gasteiger charge is -2.33. The van der Waals surface area contributed by atoms with Crippen LogP contribution in [-0.2, 0) is 18.3 Å². The molecule has 7 nitrogen and oxygen atoms in total. The molecule has 2 aromatic rings. The summed E-state index contributed by atoms with van der Waals surface area (Å²) in [6.07, 6.45) is 4.19. The lowest BCUT2D eigenvalue weighted by Crippen LogP contribution is -2.38. The molecule has 2 aromatic heterocycles. The molecule has 1 unspecified atom stereocenters. The minimum Gasteiger partial charge on any atom is -0.337 e. The summed E-state index contributed by atoms with van der Waals surface area (Å²) in [6, 6.07) is -0.0904. The van der Waals surface area contributed by atoms with Gasteiger partial charge in [-0.2, -0.15) is 10.1 Å². The molecular weight excluding hydrogens is 330 g/mol. The van der Waals surface area contributed by atoms with Gasteiger partial charge in [-0.05, 0) is 45.1 Å². The van der Waals surface area contributed by atoms with Crippen LogP contribution < -0.4 is 0 Å². The molecule has 1 amide bonds. The topological polar surface area (TPSA) is 77.1 Å². The number of carbonyl (C=O) groups excluding carboxylic acids is 1. The Hall–Kier alpha value is -2.18. The number of rotatable bonds is 5. The molecule has 0 spiro atoms. The molecule has 142 valence electrons. The Balaban J connectivity index is 1.71. The molecule has 1 atom stereocenters. The third-order valence-corrected chi connectivity index (χ3v) is 5.33. The SMILES string of the molecule is Cc1nn(C)c(C)c1CCC(=O)N1CCCCC1c1nc(C(C)C)no1. The van der Waals surface area contributed by atoms with Gasteiger partial charge in [0.1, 0.15) is 6.04 Å². The predicted octanol–water partition coefficient (Wildman–Crippen LogP) is 3.23. The van der Waals surface area contributed by atoms with Crippen molar-refractivity contribution in [3.8, 4) is 0 Å². The third-order valence-electron chi connectivity index (χ3n) is 5.33. The Kier molecular flexibility index (Phi) is 5.44. The minimum absolute atomic E-state index is 0.0904. The van der Waals surface area contributed by atoms with E-state index in [1.807, 2.05) is 37.4 Å². The number of hydrogen-bond donors (Lipinski definition) is 0. The molecule has 1 saturated heterocycles. The molecule has 0 saturated carbocycles. The lowest BCUT2D eigenvalue weighted by atomic mass is 10.00. The van der Waals surface area contributed by atoms with Crippen molar-refractivity contribution in [3.63, 3.8) is 0 Å². The number of piperidine rings is 1. The van der Waals surface area contributed by atoms with Gasteiger partial charge in [0.15, 0.2) is 5.82 Å². The van der Waals surface area contributed by atoms with Gasteiger partial charge >= 0.3 is 0 Å². The van der Waals surface area contributed by atoms with E-state index < -0.39 is 0 Å². The molecule has 0 aromatic carbocycles. The van der Waals surface area contributed by atoms with Gasteiger partial charge in [0.2, 0.25) is 11.8 Å². The highest BCUT2D eigenvalue weighted by Gasteiger charge is 2.32. The molecule has 1 fully saturated rings. The third kappa shape index (κ3) is 3.66. The lowest BCUT2D eigenvalue weighted by molar-refractivity contribution is -0.135. The highest BCUT2D eigenvalue weighted by molar-refractivity contribution is 5.77. The number of aromatic nitrogens is 4. The van der Waals surface area contributed by atoms with Gasteiger partial charge in [0, 0.05) is 31.6 Å². The van der Waals surface area contributed by atoms with E-state index in [4.69, 9.17) is 4.52 Å². The Morgan fingerprint density at radius 3 is 2.69 bits per heavy atom. The Morgan fingerprint density at radius 2 is 2.08 bits per heavy atom. The number of amides is 1. The first-order chi connectivity index (χ1) is 12.4. The predicted molar refractivity (Wildman–Crippen MR) is 97.7 cm³/mol. The Bertz CT molecular complexity index is 777. The molecule has 7 heteroatoms. The fourth-order valence-electron chi connectivity index (χ4n) is 3.66. The standard InChI is InChI=1S/C19H29N5O2/c1-12(2)18-20-19(26-22-18)16-8-6-7-11-24(16)17(25)10-9-15-13(3)21-23(5)14(15)4/h12,16H,6-11H2,1-5H3. The number of nitrogens with zero attached hydrogens (tertiary/aromatic N) is 5. The average Bonchev–Trinajstić information content (AvgIpc) is 3.19. The van der Waals surface area contributed by atoms with Crippen LogP contribution in [0.3, 0.4) is 0 Å². The Morgan fingerprint density at radius 1 is 1.31 bits per heavy atom. The van der Waals surface area contributed by atoms with E-state index in [0.29, 0.717) is 24.6 Å². The first-order valence-electron chi connectivity index (χ1n) is 9.50. The minimum atomic E-state index is -0.0904. The molecule has 3 heterocycles. The van der Waals surface area contributed by atoms with E-state index in [-0.39, 0.29) is 17.9 Å². The molecule has 1 aliphatic heterocycles. The van der Waals surface area contributed by atoms with Crippen molar-refractivity contribution in [2.75, 3.05) is 6.54 Å². The molecule has 0 aliphatic carbocycles. The quantitative estimate of drug-likeness (QED) is 0.819. The summed E-state index contributed by atoms with van der Waals surface area (Å²) in [5, 5.41) is 8.51. The van der Waals surface area contributed by atoms with Crippen LogP contribution >= 0.6 is 0 Å². The molecule has 1 aliphatic rings. The summed E-state index contributed by atoms with van der Waals surface area (Å²) in [5.41, 5.74) is 3.31. The zero-order valence-electron chi connectivity index (χ0n) is 16.4. The maximum Gasteiger partial charge on any atom is 0.249 e. The van der Waals surface area contributed by atoms with E-state index in [0.717, 1.165) is 37.2 Å². The van der Waals surface area contributed by atoms with Gasteiger partial charge in [0.25, 0.3) is 0 Å². The van der Waals surface area contributed by atoms with Crippen molar-refractivity contribution in [1.82, 2.24) is 24.8 Å². The Labute approximate surface area is 154 Å². The van der Waals surface area contributed by atoms with Crippen molar-refractivity contribution in [2.24, 2.45) is 7.05 Å². The van der Waals surface area contributed by atoms with Gasteiger partial charge in [-0.25, -0.2) is 0 Å². The van der Waals surface area contributed by atoms with Gasteiger partial charge in [-0.1, -0.05) is 19.0 Å². The van der Waals surface area contributed by atoms with Crippen LogP contribution in [-0.4, -0.2) is 37.3 Å². The monoisotopic (exact) mass is 359 g/mol. The zero-order valence-corrected chi connectivity index (χ0v) is 16.4. The van der Waals surface area contributed by atoms with Crippen LogP contribution in [0.25, 0.3) is 0 Å². The van der Waals surface area contributed by atoms with Crippen LogP contribution in [0.5, 0.6) is 0 Å². The van der Waals surface area contributed by atoms with E-state index in [2.05, 4.69) is 22.2 Å². The van der Waals surface area contributed by atoms with Crippen molar-refractivity contribution >= 4 is 5.91 Å². The number of aryl methyl sites for hydroxylation is 2. The van der Waals surface area contributed by atoms with Crippen molar-refractivity contribution in [3.05, 3.63) is 28.7 Å². The van der Waals surface area contributed by atoms with Crippen LogP contribution in [0.2, 0.25) is 0 Å². The second-order valence-corrected chi connectivity index (χ2v) is 7.52. The molecule has 0 bridgehead atoms. The highest BCUT2D eigenvalue weighted by Crippen LogP contribution is 2.31. The van der Waals surface area contributed by atoms with E-state index >= 15 is 0 Å². The first-order valence-corrected chi connectivity index (χ1v) is 9.50. The maximum absolute atomic E-state index is 12.9. The summed E-state index contributed by atoms with van der Waals surface area (Å²) < 4.78 is 7.36. The van der Waals surface area contributed by atoms with Crippen molar-refractivity contribution < 1.29 is 9.32 Å². The van der Waals surface area contributed by atoms with Crippen LogP contribution in [0, 0.1) is 13.8 Å². The molecule has 3 rings (SSSR count). The van der Waals surface area contributed by atoms with E-state index in [9.17, 15) is 4.79 Å². The van der Waals surface area contributed by atoms with Crippen LogP contribution in [0.4, 0.5) is 0 Å². The summed E-state index contributed by atoms with van der Waals surface area (Å²) >= 11 is 0. The summed E-state index contributed by atoms with van der Waals surface area (Å²) in [4.78, 5) is 19.4. The van der Waals surface area contributed by atoms with Gasteiger partial charge in [-0.15, -0.1) is 0 Å². The second-order valence-electron chi connectivity index (χ2n) is 7.52.